The highest BCUT2D eigenvalue weighted by Crippen LogP contribution is 2.36. The molecule has 1 amide bonds. The maximum Gasteiger partial charge on any atom is 0.263 e. The van der Waals surface area contributed by atoms with Crippen LogP contribution in [0.15, 0.2) is 22.7 Å². The molecule has 2 unspecified atom stereocenters. The van der Waals surface area contributed by atoms with Crippen LogP contribution in [0.4, 0.5) is 5.69 Å². The highest BCUT2D eigenvalue weighted by atomic mass is 79.9. The maximum absolute atomic E-state index is 12.5. The van der Waals surface area contributed by atoms with Crippen LogP contribution in [-0.4, -0.2) is 23.5 Å². The van der Waals surface area contributed by atoms with Gasteiger partial charge in [-0.25, -0.2) is 0 Å². The lowest BCUT2D eigenvalue weighted by Gasteiger charge is -2.12. The summed E-state index contributed by atoms with van der Waals surface area (Å²) in [4.78, 5) is 13.1. The normalized spacial score (nSPS) is 21.8. The first-order chi connectivity index (χ1) is 10.1. The Kier molecular flexibility index (Phi) is 4.47. The van der Waals surface area contributed by atoms with Crippen LogP contribution >= 0.6 is 39.0 Å². The predicted octanol–water partition coefficient (Wildman–Crippen LogP) is 4.26. The third kappa shape index (κ3) is 3.07. The number of carbonyl (C=O) groups is 1. The topological polar surface area (TPSA) is 55.1 Å². The number of hydrogen-bond donors (Lipinski definition) is 2. The summed E-state index contributed by atoms with van der Waals surface area (Å²) in [6, 6.07) is 6.20. The van der Waals surface area contributed by atoms with Gasteiger partial charge in [-0.2, -0.15) is 11.8 Å². The van der Waals surface area contributed by atoms with Gasteiger partial charge in [-0.3, -0.25) is 4.79 Å². The zero-order valence-electron chi connectivity index (χ0n) is 11.7. The van der Waals surface area contributed by atoms with Crippen molar-refractivity contribution in [3.05, 3.63) is 27.5 Å². The van der Waals surface area contributed by atoms with Gasteiger partial charge in [0.2, 0.25) is 0 Å². The second-order valence-corrected chi connectivity index (χ2v) is 8.43. The SMILES string of the molecule is CSC1CCC(NC(=O)c2sc3cc(Br)ccc3c2N)C1. The fraction of sp³-hybridized carbons (Fsp3) is 0.400. The van der Waals surface area contributed by atoms with Crippen LogP contribution in [0, 0.1) is 0 Å². The molecule has 2 atom stereocenters. The monoisotopic (exact) mass is 384 g/mol. The van der Waals surface area contributed by atoms with Crippen LogP contribution in [0.25, 0.3) is 10.1 Å². The summed E-state index contributed by atoms with van der Waals surface area (Å²) in [7, 11) is 0. The van der Waals surface area contributed by atoms with Crippen molar-refractivity contribution in [3.8, 4) is 0 Å². The Balaban J connectivity index is 1.80. The number of rotatable bonds is 3. The first-order valence-electron chi connectivity index (χ1n) is 6.89. The van der Waals surface area contributed by atoms with Crippen molar-refractivity contribution in [2.75, 3.05) is 12.0 Å². The lowest BCUT2D eigenvalue weighted by molar-refractivity contribution is 0.0943. The van der Waals surface area contributed by atoms with E-state index in [0.717, 1.165) is 27.4 Å². The summed E-state index contributed by atoms with van der Waals surface area (Å²) in [5.41, 5.74) is 6.74. The Labute approximate surface area is 140 Å². The second-order valence-electron chi connectivity index (χ2n) is 5.33. The Morgan fingerprint density at radius 3 is 3.00 bits per heavy atom. The highest BCUT2D eigenvalue weighted by Gasteiger charge is 2.26. The molecule has 1 saturated carbocycles. The number of nitrogens with one attached hydrogen (secondary N) is 1. The summed E-state index contributed by atoms with van der Waals surface area (Å²) < 4.78 is 2.04. The van der Waals surface area contributed by atoms with Crippen molar-refractivity contribution >= 4 is 60.7 Å². The predicted molar refractivity (Wildman–Crippen MR) is 96.3 cm³/mol. The maximum atomic E-state index is 12.5. The zero-order chi connectivity index (χ0) is 15.0. The van der Waals surface area contributed by atoms with Gasteiger partial charge in [0.15, 0.2) is 0 Å². The van der Waals surface area contributed by atoms with E-state index in [1.54, 1.807) is 0 Å². The Morgan fingerprint density at radius 2 is 2.29 bits per heavy atom. The van der Waals surface area contributed by atoms with E-state index in [4.69, 9.17) is 5.73 Å². The molecule has 0 spiro atoms. The van der Waals surface area contributed by atoms with Crippen LogP contribution in [0.2, 0.25) is 0 Å². The first-order valence-corrected chi connectivity index (χ1v) is 9.79. The van der Waals surface area contributed by atoms with E-state index >= 15 is 0 Å². The van der Waals surface area contributed by atoms with Crippen LogP contribution in [0.1, 0.15) is 28.9 Å². The molecule has 21 heavy (non-hydrogen) atoms. The molecule has 1 aromatic carbocycles. The molecule has 0 bridgehead atoms. The summed E-state index contributed by atoms with van der Waals surface area (Å²) in [6.45, 7) is 0. The number of thiophene rings is 1. The summed E-state index contributed by atoms with van der Waals surface area (Å²) >= 11 is 6.80. The lowest BCUT2D eigenvalue weighted by atomic mass is 10.2. The molecule has 0 aliphatic heterocycles. The van der Waals surface area contributed by atoms with Gasteiger partial charge in [0, 0.05) is 25.9 Å². The van der Waals surface area contributed by atoms with Crippen LogP contribution in [-0.2, 0) is 0 Å². The molecule has 112 valence electrons. The Morgan fingerprint density at radius 1 is 1.48 bits per heavy atom. The van der Waals surface area contributed by atoms with Crippen molar-refractivity contribution in [2.24, 2.45) is 0 Å². The minimum atomic E-state index is -0.0309. The number of anilines is 1. The molecular formula is C15H17BrN2OS2. The van der Waals surface area contributed by atoms with E-state index in [-0.39, 0.29) is 11.9 Å². The van der Waals surface area contributed by atoms with E-state index in [9.17, 15) is 4.79 Å². The molecule has 3 nitrogen and oxygen atoms in total. The number of benzene rings is 1. The number of fused-ring (bicyclic) bond motifs is 1. The number of carbonyl (C=O) groups excluding carboxylic acids is 1. The number of nitrogens with two attached hydrogens (primary N) is 1. The number of amides is 1. The summed E-state index contributed by atoms with van der Waals surface area (Å²) in [5.74, 6) is -0.0309. The van der Waals surface area contributed by atoms with Crippen molar-refractivity contribution in [1.29, 1.82) is 0 Å². The van der Waals surface area contributed by atoms with Gasteiger partial charge < -0.3 is 11.1 Å². The number of halogens is 1. The minimum Gasteiger partial charge on any atom is -0.397 e. The fourth-order valence-corrected chi connectivity index (χ4v) is 5.17. The minimum absolute atomic E-state index is 0.0309. The molecule has 0 radical (unpaired) electrons. The van der Waals surface area contributed by atoms with E-state index in [1.165, 1.54) is 17.8 Å². The van der Waals surface area contributed by atoms with Crippen molar-refractivity contribution in [1.82, 2.24) is 5.32 Å². The number of hydrogen-bond acceptors (Lipinski definition) is 4. The summed E-state index contributed by atoms with van der Waals surface area (Å²) in [5, 5.41) is 4.77. The van der Waals surface area contributed by atoms with Crippen LogP contribution in [0.5, 0.6) is 0 Å². The number of nitrogen functional groups attached to an aromatic ring is 1. The molecule has 0 saturated heterocycles. The van der Waals surface area contributed by atoms with Crippen LogP contribution in [0.3, 0.4) is 0 Å². The van der Waals surface area contributed by atoms with Crippen molar-refractivity contribution in [3.63, 3.8) is 0 Å². The summed E-state index contributed by atoms with van der Waals surface area (Å²) in [6.07, 6.45) is 5.44. The quantitative estimate of drug-likeness (QED) is 0.830. The highest BCUT2D eigenvalue weighted by molar-refractivity contribution is 9.10. The van der Waals surface area contributed by atoms with Crippen LogP contribution < -0.4 is 11.1 Å². The molecule has 3 N–H and O–H groups in total. The molecular weight excluding hydrogens is 368 g/mol. The molecule has 3 rings (SSSR count). The van der Waals surface area contributed by atoms with Gasteiger partial charge in [0.25, 0.3) is 5.91 Å². The van der Waals surface area contributed by atoms with E-state index in [0.29, 0.717) is 15.8 Å². The van der Waals surface area contributed by atoms with Gasteiger partial charge >= 0.3 is 0 Å². The van der Waals surface area contributed by atoms with Crippen molar-refractivity contribution in [2.45, 2.75) is 30.6 Å². The standard InChI is InChI=1S/C15H17BrN2OS2/c1-20-10-4-3-9(7-10)18-15(19)14-13(17)11-5-2-8(16)6-12(11)21-14/h2,5-6,9-10H,3-4,7,17H2,1H3,(H,18,19). The van der Waals surface area contributed by atoms with Gasteiger partial charge in [-0.05, 0) is 37.7 Å². The average Bonchev–Trinajstić information content (AvgIpc) is 3.03. The van der Waals surface area contributed by atoms with Gasteiger partial charge in [-0.15, -0.1) is 11.3 Å². The van der Waals surface area contributed by atoms with E-state index < -0.39 is 0 Å². The Hall–Kier alpha value is -0.720. The smallest absolute Gasteiger partial charge is 0.263 e. The average molecular weight is 385 g/mol. The van der Waals surface area contributed by atoms with Gasteiger partial charge in [0.05, 0.1) is 5.69 Å². The van der Waals surface area contributed by atoms with E-state index in [2.05, 4.69) is 27.5 Å². The molecule has 1 aliphatic rings. The van der Waals surface area contributed by atoms with Gasteiger partial charge in [-0.1, -0.05) is 22.0 Å². The molecule has 2 aromatic rings. The largest absolute Gasteiger partial charge is 0.397 e. The van der Waals surface area contributed by atoms with Gasteiger partial charge in [0.1, 0.15) is 4.88 Å². The van der Waals surface area contributed by atoms with E-state index in [1.807, 2.05) is 30.0 Å². The molecule has 1 heterocycles. The molecule has 1 fully saturated rings. The molecule has 1 aliphatic carbocycles. The molecule has 6 heteroatoms. The first kappa shape index (κ1) is 15.2. The Bertz CT molecular complexity index is 686. The van der Waals surface area contributed by atoms with Crippen molar-refractivity contribution < 1.29 is 4.79 Å². The zero-order valence-corrected chi connectivity index (χ0v) is 14.9. The second kappa shape index (κ2) is 6.18. The third-order valence-electron chi connectivity index (χ3n) is 3.95. The fourth-order valence-electron chi connectivity index (χ4n) is 2.80. The number of thioether (sulfide) groups is 1. The molecule has 1 aromatic heterocycles. The lowest BCUT2D eigenvalue weighted by Crippen LogP contribution is -2.32. The third-order valence-corrected chi connectivity index (χ3v) is 6.70.